The summed E-state index contributed by atoms with van der Waals surface area (Å²) in [5, 5.41) is 0. The largest absolute Gasteiger partial charge is 0.386 e. The number of nitrogens with zero attached hydrogens (tertiary/aromatic N) is 4. The number of nitrogens with two attached hydrogens (primary N) is 1. The molecule has 1 saturated heterocycles. The van der Waals surface area contributed by atoms with Crippen molar-refractivity contribution in [1.82, 2.24) is 9.29 Å². The van der Waals surface area contributed by atoms with E-state index >= 15 is 0 Å². The van der Waals surface area contributed by atoms with Crippen LogP contribution < -0.4 is 10.6 Å². The lowest BCUT2D eigenvalue weighted by molar-refractivity contribution is 0.346. The second kappa shape index (κ2) is 7.73. The Kier molecular flexibility index (Phi) is 5.15. The van der Waals surface area contributed by atoms with E-state index in [2.05, 4.69) is 9.98 Å². The summed E-state index contributed by atoms with van der Waals surface area (Å²) in [6, 6.07) is 10.8. The summed E-state index contributed by atoms with van der Waals surface area (Å²) in [6.45, 7) is 1.64. The van der Waals surface area contributed by atoms with Gasteiger partial charge in [-0.05, 0) is 42.7 Å². The van der Waals surface area contributed by atoms with Crippen LogP contribution in [0.25, 0.3) is 5.70 Å². The molecule has 0 radical (unpaired) electrons. The smallest absolute Gasteiger partial charge is 0.243 e. The van der Waals surface area contributed by atoms with E-state index in [-0.39, 0.29) is 0 Å². The zero-order chi connectivity index (χ0) is 19.6. The first-order chi connectivity index (χ1) is 13.6. The van der Waals surface area contributed by atoms with Gasteiger partial charge in [-0.2, -0.15) is 4.31 Å². The number of aliphatic imine (C=N–C) groups is 1. The lowest BCUT2D eigenvalue weighted by Gasteiger charge is -2.29. The van der Waals surface area contributed by atoms with E-state index in [1.807, 2.05) is 29.2 Å². The number of amidine groups is 1. The summed E-state index contributed by atoms with van der Waals surface area (Å²) < 4.78 is 27.3. The van der Waals surface area contributed by atoms with Crippen molar-refractivity contribution in [2.24, 2.45) is 10.7 Å². The number of rotatable bonds is 4. The molecule has 7 nitrogen and oxygen atoms in total. The van der Waals surface area contributed by atoms with Crippen molar-refractivity contribution in [3.63, 3.8) is 0 Å². The molecule has 1 aromatic heterocycles. The molecule has 2 aliphatic heterocycles. The van der Waals surface area contributed by atoms with Gasteiger partial charge in [0, 0.05) is 19.3 Å². The van der Waals surface area contributed by atoms with E-state index in [1.54, 1.807) is 35.0 Å². The van der Waals surface area contributed by atoms with E-state index in [0.29, 0.717) is 30.4 Å². The highest BCUT2D eigenvalue weighted by molar-refractivity contribution is 7.89. The second-order valence-electron chi connectivity index (χ2n) is 6.92. The SMILES string of the molecule is NC1=NC=C(c2ccc(S(=O)(=O)N3CCCCC3)cc2)N(c2cccnc2)C1. The van der Waals surface area contributed by atoms with Crippen LogP contribution in [0.2, 0.25) is 0 Å². The zero-order valence-electron chi connectivity index (χ0n) is 15.5. The first kappa shape index (κ1) is 18.6. The van der Waals surface area contributed by atoms with E-state index in [0.717, 1.165) is 36.2 Å². The summed E-state index contributed by atoms with van der Waals surface area (Å²) in [7, 11) is -3.44. The van der Waals surface area contributed by atoms with E-state index < -0.39 is 10.0 Å². The maximum absolute atomic E-state index is 12.9. The van der Waals surface area contributed by atoms with Crippen LogP contribution in [0.15, 0.2) is 64.9 Å². The van der Waals surface area contributed by atoms with Gasteiger partial charge in [-0.15, -0.1) is 0 Å². The van der Waals surface area contributed by atoms with Crippen molar-refractivity contribution < 1.29 is 8.42 Å². The first-order valence-corrected chi connectivity index (χ1v) is 10.8. The molecule has 146 valence electrons. The van der Waals surface area contributed by atoms with E-state index in [4.69, 9.17) is 5.73 Å². The van der Waals surface area contributed by atoms with Crippen molar-refractivity contribution >= 4 is 27.2 Å². The van der Waals surface area contributed by atoms with Gasteiger partial charge >= 0.3 is 0 Å². The highest BCUT2D eigenvalue weighted by Gasteiger charge is 2.26. The van der Waals surface area contributed by atoms with Gasteiger partial charge < -0.3 is 10.6 Å². The quantitative estimate of drug-likeness (QED) is 0.855. The van der Waals surface area contributed by atoms with E-state index in [1.165, 1.54) is 0 Å². The Morgan fingerprint density at radius 1 is 1.00 bits per heavy atom. The highest BCUT2D eigenvalue weighted by Crippen LogP contribution is 2.29. The summed E-state index contributed by atoms with van der Waals surface area (Å²) in [4.78, 5) is 10.8. The normalized spacial score (nSPS) is 18.5. The first-order valence-electron chi connectivity index (χ1n) is 9.36. The number of hydrogen-bond acceptors (Lipinski definition) is 6. The minimum atomic E-state index is -3.44. The number of piperidine rings is 1. The monoisotopic (exact) mass is 397 g/mol. The standard InChI is InChI=1S/C20H23N5O2S/c21-20-15-25(17-5-4-10-22-13-17)19(14-23-20)16-6-8-18(9-7-16)28(26,27)24-11-2-1-3-12-24/h4-10,13-14H,1-3,11-12,15H2,(H2,21,23). The molecule has 3 heterocycles. The Hall–Kier alpha value is -2.71. The van der Waals surface area contributed by atoms with Gasteiger partial charge in [0.1, 0.15) is 5.84 Å². The Morgan fingerprint density at radius 2 is 1.75 bits per heavy atom. The average Bonchev–Trinajstić information content (AvgIpc) is 2.75. The number of aromatic nitrogens is 1. The lowest BCUT2D eigenvalue weighted by atomic mass is 10.1. The van der Waals surface area contributed by atoms with Gasteiger partial charge in [-0.1, -0.05) is 18.6 Å². The van der Waals surface area contributed by atoms with Crippen LogP contribution >= 0.6 is 0 Å². The molecule has 8 heteroatoms. The number of benzene rings is 1. The van der Waals surface area contributed by atoms with Crippen molar-refractivity contribution in [3.05, 3.63) is 60.6 Å². The molecule has 0 spiro atoms. The maximum atomic E-state index is 12.9. The van der Waals surface area contributed by atoms with Gasteiger partial charge in [0.2, 0.25) is 10.0 Å². The summed E-state index contributed by atoms with van der Waals surface area (Å²) in [5.41, 5.74) is 8.55. The van der Waals surface area contributed by atoms with Crippen LogP contribution in [-0.4, -0.2) is 43.2 Å². The third kappa shape index (κ3) is 3.65. The summed E-state index contributed by atoms with van der Waals surface area (Å²) in [5.74, 6) is 0.511. The molecule has 0 unspecified atom stereocenters. The Balaban J connectivity index is 1.64. The molecule has 0 amide bonds. The number of sulfonamides is 1. The molecule has 0 saturated carbocycles. The Bertz CT molecular complexity index is 995. The fourth-order valence-corrected chi connectivity index (χ4v) is 5.04. The van der Waals surface area contributed by atoms with Crippen LogP contribution in [0.1, 0.15) is 24.8 Å². The van der Waals surface area contributed by atoms with Crippen molar-refractivity contribution in [1.29, 1.82) is 0 Å². The number of pyridine rings is 1. The van der Waals surface area contributed by atoms with Crippen LogP contribution in [0.3, 0.4) is 0 Å². The third-order valence-corrected chi connectivity index (χ3v) is 6.94. The lowest BCUT2D eigenvalue weighted by Crippen LogP contribution is -2.36. The molecule has 1 fully saturated rings. The molecule has 28 heavy (non-hydrogen) atoms. The van der Waals surface area contributed by atoms with Crippen LogP contribution in [0.4, 0.5) is 5.69 Å². The zero-order valence-corrected chi connectivity index (χ0v) is 16.3. The number of hydrogen-bond donors (Lipinski definition) is 1. The average molecular weight is 398 g/mol. The van der Waals surface area contributed by atoms with Crippen molar-refractivity contribution in [2.75, 3.05) is 24.5 Å². The minimum Gasteiger partial charge on any atom is -0.386 e. The van der Waals surface area contributed by atoms with Crippen molar-refractivity contribution in [2.45, 2.75) is 24.2 Å². The molecule has 0 atom stereocenters. The molecule has 1 aromatic carbocycles. The minimum absolute atomic E-state index is 0.325. The summed E-state index contributed by atoms with van der Waals surface area (Å²) in [6.07, 6.45) is 8.12. The van der Waals surface area contributed by atoms with Crippen molar-refractivity contribution in [3.8, 4) is 0 Å². The molecule has 2 aliphatic rings. The van der Waals surface area contributed by atoms with Crippen LogP contribution in [-0.2, 0) is 10.0 Å². The van der Waals surface area contributed by atoms with Crippen LogP contribution in [0, 0.1) is 0 Å². The molecule has 0 bridgehead atoms. The molecular formula is C20H23N5O2S. The second-order valence-corrected chi connectivity index (χ2v) is 8.86. The number of anilines is 1. The Labute approximate surface area is 165 Å². The predicted octanol–water partition coefficient (Wildman–Crippen LogP) is 2.43. The van der Waals surface area contributed by atoms with Gasteiger partial charge in [0.15, 0.2) is 0 Å². The molecule has 2 aromatic rings. The van der Waals surface area contributed by atoms with Gasteiger partial charge in [0.05, 0.1) is 35.2 Å². The van der Waals surface area contributed by atoms with Gasteiger partial charge in [0.25, 0.3) is 0 Å². The third-order valence-electron chi connectivity index (χ3n) is 5.02. The predicted molar refractivity (Wildman–Crippen MR) is 110 cm³/mol. The van der Waals surface area contributed by atoms with Crippen LogP contribution in [0.5, 0.6) is 0 Å². The molecular weight excluding hydrogens is 374 g/mol. The molecule has 0 aliphatic carbocycles. The highest BCUT2D eigenvalue weighted by atomic mass is 32.2. The van der Waals surface area contributed by atoms with E-state index in [9.17, 15) is 8.42 Å². The fourth-order valence-electron chi connectivity index (χ4n) is 3.53. The molecule has 4 rings (SSSR count). The van der Waals surface area contributed by atoms with Gasteiger partial charge in [-0.3, -0.25) is 4.98 Å². The fraction of sp³-hybridized carbons (Fsp3) is 0.300. The summed E-state index contributed by atoms with van der Waals surface area (Å²) >= 11 is 0. The Morgan fingerprint density at radius 3 is 2.43 bits per heavy atom. The van der Waals surface area contributed by atoms with Gasteiger partial charge in [-0.25, -0.2) is 13.4 Å². The topological polar surface area (TPSA) is 91.9 Å². The molecule has 2 N–H and O–H groups in total. The maximum Gasteiger partial charge on any atom is 0.243 e.